The van der Waals surface area contributed by atoms with Crippen molar-refractivity contribution in [1.29, 1.82) is 0 Å². The molecule has 0 atom stereocenters. The maximum atomic E-state index is 11.8. The number of anilines is 1. The molecule has 0 aromatic heterocycles. The molecule has 3 amide bonds. The quantitative estimate of drug-likeness (QED) is 0.389. The molecule has 1 aliphatic heterocycles. The van der Waals surface area contributed by atoms with Crippen LogP contribution in [0, 0.1) is 10.1 Å². The summed E-state index contributed by atoms with van der Waals surface area (Å²) in [4.78, 5) is 35.5. The normalized spacial score (nSPS) is 13.4. The average molecular weight is 335 g/mol. The Morgan fingerprint density at radius 2 is 1.83 bits per heavy atom. The molecule has 0 saturated carbocycles. The number of benzene rings is 1. The van der Waals surface area contributed by atoms with Crippen molar-refractivity contribution in [1.82, 2.24) is 15.5 Å². The second-order valence-electron chi connectivity index (χ2n) is 5.40. The summed E-state index contributed by atoms with van der Waals surface area (Å²) in [5.41, 5.74) is 0.382. The SMILES string of the molecule is O=C(NCCNc1ccccc1[N+](=O)[O-])NCC(=O)N1CCCC1. The molecule has 0 aliphatic carbocycles. The number of nitrogens with zero attached hydrogens (tertiary/aromatic N) is 2. The van der Waals surface area contributed by atoms with Crippen LogP contribution in [0.25, 0.3) is 0 Å². The van der Waals surface area contributed by atoms with Crippen LogP contribution in [0.3, 0.4) is 0 Å². The van der Waals surface area contributed by atoms with E-state index in [1.54, 1.807) is 23.1 Å². The molecule has 1 aliphatic rings. The van der Waals surface area contributed by atoms with Crippen molar-refractivity contribution in [2.45, 2.75) is 12.8 Å². The minimum Gasteiger partial charge on any atom is -0.378 e. The Labute approximate surface area is 139 Å². The monoisotopic (exact) mass is 335 g/mol. The van der Waals surface area contributed by atoms with Crippen molar-refractivity contribution in [3.8, 4) is 0 Å². The zero-order valence-electron chi connectivity index (χ0n) is 13.3. The predicted octanol–water partition coefficient (Wildman–Crippen LogP) is 0.928. The number of hydrogen-bond donors (Lipinski definition) is 3. The Kier molecular flexibility index (Phi) is 6.35. The Hall–Kier alpha value is -2.84. The van der Waals surface area contributed by atoms with E-state index in [0.717, 1.165) is 25.9 Å². The molecule has 9 nitrogen and oxygen atoms in total. The third-order valence-corrected chi connectivity index (χ3v) is 3.69. The lowest BCUT2D eigenvalue weighted by Crippen LogP contribution is -2.43. The fourth-order valence-electron chi connectivity index (χ4n) is 2.45. The number of urea groups is 1. The molecular weight excluding hydrogens is 314 g/mol. The molecule has 1 saturated heterocycles. The van der Waals surface area contributed by atoms with Crippen molar-refractivity contribution in [3.05, 3.63) is 34.4 Å². The molecule has 0 unspecified atom stereocenters. The average Bonchev–Trinajstić information content (AvgIpc) is 3.11. The van der Waals surface area contributed by atoms with Crippen molar-refractivity contribution in [3.63, 3.8) is 0 Å². The molecule has 0 radical (unpaired) electrons. The van der Waals surface area contributed by atoms with E-state index in [1.165, 1.54) is 6.07 Å². The second kappa shape index (κ2) is 8.70. The third-order valence-electron chi connectivity index (χ3n) is 3.69. The Balaban J connectivity index is 1.64. The van der Waals surface area contributed by atoms with Crippen LogP contribution in [-0.4, -0.2) is 54.5 Å². The number of carbonyl (C=O) groups is 2. The number of amides is 3. The van der Waals surface area contributed by atoms with Crippen LogP contribution < -0.4 is 16.0 Å². The van der Waals surface area contributed by atoms with Crippen LogP contribution in [-0.2, 0) is 4.79 Å². The van der Waals surface area contributed by atoms with Gasteiger partial charge in [0.25, 0.3) is 5.69 Å². The number of para-hydroxylation sites is 2. The van der Waals surface area contributed by atoms with Crippen LogP contribution in [0.4, 0.5) is 16.2 Å². The summed E-state index contributed by atoms with van der Waals surface area (Å²) in [5, 5.41) is 18.9. The van der Waals surface area contributed by atoms with Gasteiger partial charge in [-0.2, -0.15) is 0 Å². The third kappa shape index (κ3) is 5.11. The molecule has 3 N–H and O–H groups in total. The molecule has 1 aromatic carbocycles. The highest BCUT2D eigenvalue weighted by Crippen LogP contribution is 2.22. The highest BCUT2D eigenvalue weighted by molar-refractivity contribution is 5.84. The van der Waals surface area contributed by atoms with Gasteiger partial charge in [-0.3, -0.25) is 14.9 Å². The minimum absolute atomic E-state index is 0.0156. The minimum atomic E-state index is -0.466. The zero-order chi connectivity index (χ0) is 17.4. The Morgan fingerprint density at radius 3 is 2.54 bits per heavy atom. The van der Waals surface area contributed by atoms with Gasteiger partial charge in [-0.15, -0.1) is 0 Å². The van der Waals surface area contributed by atoms with Crippen molar-refractivity contribution in [2.75, 3.05) is 38.0 Å². The van der Waals surface area contributed by atoms with Crippen LogP contribution in [0.2, 0.25) is 0 Å². The van der Waals surface area contributed by atoms with Gasteiger partial charge in [0.05, 0.1) is 11.5 Å². The topological polar surface area (TPSA) is 117 Å². The summed E-state index contributed by atoms with van der Waals surface area (Å²) in [6, 6.07) is 5.86. The number of carbonyl (C=O) groups excluding carboxylic acids is 2. The van der Waals surface area contributed by atoms with Crippen LogP contribution in [0.1, 0.15) is 12.8 Å². The van der Waals surface area contributed by atoms with Gasteiger partial charge in [0, 0.05) is 32.2 Å². The van der Waals surface area contributed by atoms with Crippen LogP contribution in [0.15, 0.2) is 24.3 Å². The largest absolute Gasteiger partial charge is 0.378 e. The highest BCUT2D eigenvalue weighted by atomic mass is 16.6. The zero-order valence-corrected chi connectivity index (χ0v) is 13.3. The van der Waals surface area contributed by atoms with E-state index in [-0.39, 0.29) is 24.7 Å². The van der Waals surface area contributed by atoms with Gasteiger partial charge in [-0.25, -0.2) is 4.79 Å². The van der Waals surface area contributed by atoms with Crippen LogP contribution >= 0.6 is 0 Å². The first-order valence-corrected chi connectivity index (χ1v) is 7.84. The van der Waals surface area contributed by atoms with E-state index in [0.29, 0.717) is 12.2 Å². The second-order valence-corrected chi connectivity index (χ2v) is 5.40. The number of nitro benzene ring substituents is 1. The van der Waals surface area contributed by atoms with E-state index in [1.807, 2.05) is 0 Å². The molecule has 1 fully saturated rings. The Morgan fingerprint density at radius 1 is 1.12 bits per heavy atom. The van der Waals surface area contributed by atoms with Crippen molar-refractivity contribution >= 4 is 23.3 Å². The molecule has 1 heterocycles. The molecule has 24 heavy (non-hydrogen) atoms. The van der Waals surface area contributed by atoms with E-state index in [9.17, 15) is 19.7 Å². The van der Waals surface area contributed by atoms with E-state index in [4.69, 9.17) is 0 Å². The Bertz CT molecular complexity index is 601. The van der Waals surface area contributed by atoms with Crippen molar-refractivity contribution < 1.29 is 14.5 Å². The lowest BCUT2D eigenvalue weighted by molar-refractivity contribution is -0.384. The lowest BCUT2D eigenvalue weighted by Gasteiger charge is -2.15. The number of hydrogen-bond acceptors (Lipinski definition) is 5. The first-order valence-electron chi connectivity index (χ1n) is 7.84. The van der Waals surface area contributed by atoms with Gasteiger partial charge >= 0.3 is 6.03 Å². The molecule has 130 valence electrons. The molecule has 1 aromatic rings. The number of likely N-dealkylation sites (tertiary alicyclic amines) is 1. The van der Waals surface area contributed by atoms with E-state index >= 15 is 0 Å². The van der Waals surface area contributed by atoms with Gasteiger partial charge in [-0.05, 0) is 18.9 Å². The van der Waals surface area contributed by atoms with Gasteiger partial charge in [0.2, 0.25) is 5.91 Å². The maximum absolute atomic E-state index is 11.8. The first kappa shape index (κ1) is 17.5. The molecule has 0 spiro atoms. The lowest BCUT2D eigenvalue weighted by atomic mass is 10.2. The first-order chi connectivity index (χ1) is 11.6. The predicted molar refractivity (Wildman–Crippen MR) is 88.8 cm³/mol. The summed E-state index contributed by atoms with van der Waals surface area (Å²) in [6.45, 7) is 2.08. The number of nitrogens with one attached hydrogen (secondary N) is 3. The standard InChI is InChI=1S/C15H21N5O4/c21-14(19-9-3-4-10-19)11-18-15(22)17-8-7-16-12-5-1-2-6-13(12)20(23)24/h1-2,5-6,16H,3-4,7-11H2,(H2,17,18,22). The summed E-state index contributed by atoms with van der Waals surface area (Å²) in [7, 11) is 0. The molecule has 2 rings (SSSR count). The summed E-state index contributed by atoms with van der Waals surface area (Å²) in [6.07, 6.45) is 2.02. The van der Waals surface area contributed by atoms with Gasteiger partial charge in [0.15, 0.2) is 0 Å². The van der Waals surface area contributed by atoms with Gasteiger partial charge in [-0.1, -0.05) is 12.1 Å². The van der Waals surface area contributed by atoms with E-state index in [2.05, 4.69) is 16.0 Å². The number of rotatable bonds is 7. The smallest absolute Gasteiger partial charge is 0.315 e. The summed E-state index contributed by atoms with van der Waals surface area (Å²) >= 11 is 0. The van der Waals surface area contributed by atoms with Crippen molar-refractivity contribution in [2.24, 2.45) is 0 Å². The highest BCUT2D eigenvalue weighted by Gasteiger charge is 2.18. The van der Waals surface area contributed by atoms with Gasteiger partial charge < -0.3 is 20.9 Å². The molecule has 0 bridgehead atoms. The summed E-state index contributed by atoms with van der Waals surface area (Å²) < 4.78 is 0. The van der Waals surface area contributed by atoms with Crippen LogP contribution in [0.5, 0.6) is 0 Å². The summed E-state index contributed by atoms with van der Waals surface area (Å²) in [5.74, 6) is -0.0827. The molecule has 9 heteroatoms. The number of nitro groups is 1. The van der Waals surface area contributed by atoms with Gasteiger partial charge in [0.1, 0.15) is 5.69 Å². The fraction of sp³-hybridized carbons (Fsp3) is 0.467. The van der Waals surface area contributed by atoms with E-state index < -0.39 is 11.0 Å². The maximum Gasteiger partial charge on any atom is 0.315 e. The fourth-order valence-corrected chi connectivity index (χ4v) is 2.45. The molecular formula is C15H21N5O4.